The van der Waals surface area contributed by atoms with Gasteiger partial charge in [-0.15, -0.1) is 0 Å². The van der Waals surface area contributed by atoms with E-state index in [1.165, 1.54) is 12.8 Å². The Balaban J connectivity index is 1.67. The number of carbonyl (C=O) groups excluding carboxylic acids is 1. The van der Waals surface area contributed by atoms with Crippen molar-refractivity contribution in [2.45, 2.75) is 26.2 Å². The smallest absolute Gasteiger partial charge is 0.282 e. The molecule has 2 aromatic heterocycles. The predicted molar refractivity (Wildman–Crippen MR) is 103 cm³/mol. The number of hydrogen-bond acceptors (Lipinski definition) is 4. The molecule has 1 amide bonds. The second-order valence-electron chi connectivity index (χ2n) is 6.61. The number of halogens is 1. The summed E-state index contributed by atoms with van der Waals surface area (Å²) >= 11 is 3.53. The van der Waals surface area contributed by atoms with Gasteiger partial charge in [-0.25, -0.2) is 10.5 Å². The van der Waals surface area contributed by atoms with Gasteiger partial charge in [0, 0.05) is 21.1 Å². The quantitative estimate of drug-likeness (QED) is 0.468. The number of hydrogen-bond donors (Lipinski definition) is 2. The molecule has 0 saturated heterocycles. The van der Waals surface area contributed by atoms with Gasteiger partial charge in [-0.05, 0) is 52.9 Å². The molecule has 7 heteroatoms. The van der Waals surface area contributed by atoms with Crippen LogP contribution in [0.5, 0.6) is 0 Å². The number of H-pyrrole nitrogens is 1. The first kappa shape index (κ1) is 17.2. The number of nitrogens with zero attached hydrogens (tertiary/aromatic N) is 2. The Morgan fingerprint density at radius 2 is 2.23 bits per heavy atom. The molecule has 134 valence electrons. The van der Waals surface area contributed by atoms with Crippen molar-refractivity contribution < 1.29 is 9.63 Å². The van der Waals surface area contributed by atoms with E-state index >= 15 is 0 Å². The van der Waals surface area contributed by atoms with Crippen LogP contribution < -0.4 is 5.48 Å². The standard InChI is InChI=1S/C19H19BrN4O2/c1-11-15(10-21-23-11)14-9-17(19(25)24-26-8-7-12-5-6-12)22-18-13(14)3-2-4-16(18)20/h2-4,9-10,12H,5-8H2,1H3,(H,21,23)(H,24,25). The molecule has 1 saturated carbocycles. The van der Waals surface area contributed by atoms with Crippen LogP contribution in [-0.4, -0.2) is 27.7 Å². The Labute approximate surface area is 159 Å². The molecule has 0 bridgehead atoms. The number of rotatable bonds is 6. The van der Waals surface area contributed by atoms with Crippen LogP contribution in [-0.2, 0) is 4.84 Å². The van der Waals surface area contributed by atoms with Crippen molar-refractivity contribution >= 4 is 32.7 Å². The maximum absolute atomic E-state index is 12.5. The van der Waals surface area contributed by atoms with E-state index in [2.05, 4.69) is 36.6 Å². The Morgan fingerprint density at radius 3 is 2.96 bits per heavy atom. The summed E-state index contributed by atoms with van der Waals surface area (Å²) in [5, 5.41) is 8.00. The highest BCUT2D eigenvalue weighted by molar-refractivity contribution is 9.10. The van der Waals surface area contributed by atoms with Gasteiger partial charge >= 0.3 is 0 Å². The van der Waals surface area contributed by atoms with E-state index in [0.29, 0.717) is 12.3 Å². The summed E-state index contributed by atoms with van der Waals surface area (Å²) in [7, 11) is 0. The van der Waals surface area contributed by atoms with Crippen molar-refractivity contribution in [1.29, 1.82) is 0 Å². The van der Waals surface area contributed by atoms with Crippen molar-refractivity contribution in [3.05, 3.63) is 46.3 Å². The summed E-state index contributed by atoms with van der Waals surface area (Å²) in [6, 6.07) is 7.64. The molecule has 0 unspecified atom stereocenters. The Hall–Kier alpha value is -2.25. The summed E-state index contributed by atoms with van der Waals surface area (Å²) in [6.45, 7) is 2.48. The van der Waals surface area contributed by atoms with Crippen molar-refractivity contribution in [3.8, 4) is 11.1 Å². The summed E-state index contributed by atoms with van der Waals surface area (Å²) in [5.74, 6) is 0.415. The molecule has 0 spiro atoms. The summed E-state index contributed by atoms with van der Waals surface area (Å²) in [5.41, 5.74) is 6.34. The largest absolute Gasteiger partial charge is 0.293 e. The number of benzene rings is 1. The summed E-state index contributed by atoms with van der Waals surface area (Å²) < 4.78 is 0.835. The van der Waals surface area contributed by atoms with E-state index in [0.717, 1.165) is 44.5 Å². The number of carbonyl (C=O) groups is 1. The molecule has 26 heavy (non-hydrogen) atoms. The normalized spacial score (nSPS) is 13.9. The average molecular weight is 415 g/mol. The zero-order chi connectivity index (χ0) is 18.1. The van der Waals surface area contributed by atoms with E-state index in [9.17, 15) is 4.79 Å². The Bertz CT molecular complexity index is 965. The summed E-state index contributed by atoms with van der Waals surface area (Å²) in [6.07, 6.45) is 5.28. The molecule has 0 atom stereocenters. The highest BCUT2D eigenvalue weighted by atomic mass is 79.9. The van der Waals surface area contributed by atoms with Gasteiger partial charge in [-0.3, -0.25) is 14.7 Å². The first-order chi connectivity index (χ1) is 12.6. The topological polar surface area (TPSA) is 79.9 Å². The van der Waals surface area contributed by atoms with E-state index < -0.39 is 0 Å². The third-order valence-corrected chi connectivity index (χ3v) is 5.27. The van der Waals surface area contributed by atoms with Gasteiger partial charge in [0.15, 0.2) is 0 Å². The first-order valence-corrected chi connectivity index (χ1v) is 9.44. The van der Waals surface area contributed by atoms with Gasteiger partial charge in [0.1, 0.15) is 5.69 Å². The lowest BCUT2D eigenvalue weighted by atomic mass is 10.0. The maximum Gasteiger partial charge on any atom is 0.293 e. The Kier molecular flexibility index (Phi) is 4.74. The minimum atomic E-state index is -0.346. The molecular formula is C19H19BrN4O2. The molecule has 2 N–H and O–H groups in total. The predicted octanol–water partition coefficient (Wildman–Crippen LogP) is 4.16. The number of hydroxylamine groups is 1. The molecule has 2 heterocycles. The minimum absolute atomic E-state index is 0.312. The number of pyridine rings is 1. The Morgan fingerprint density at radius 1 is 1.38 bits per heavy atom. The number of fused-ring (bicyclic) bond motifs is 1. The highest BCUT2D eigenvalue weighted by Gasteiger charge is 2.21. The van der Waals surface area contributed by atoms with Crippen LogP contribution in [0.2, 0.25) is 0 Å². The molecule has 1 fully saturated rings. The lowest BCUT2D eigenvalue weighted by Crippen LogP contribution is -2.25. The van der Waals surface area contributed by atoms with Gasteiger partial charge in [-0.1, -0.05) is 25.0 Å². The third-order valence-electron chi connectivity index (χ3n) is 4.63. The molecule has 1 aliphatic carbocycles. The van der Waals surface area contributed by atoms with Crippen LogP contribution in [0.3, 0.4) is 0 Å². The molecular weight excluding hydrogens is 396 g/mol. The van der Waals surface area contributed by atoms with Crippen molar-refractivity contribution in [2.75, 3.05) is 6.61 Å². The van der Waals surface area contributed by atoms with Crippen LogP contribution in [0.4, 0.5) is 0 Å². The fourth-order valence-electron chi connectivity index (χ4n) is 2.98. The van der Waals surface area contributed by atoms with Crippen LogP contribution in [0, 0.1) is 12.8 Å². The number of amides is 1. The lowest BCUT2D eigenvalue weighted by molar-refractivity contribution is 0.0286. The monoisotopic (exact) mass is 414 g/mol. The van der Waals surface area contributed by atoms with Crippen LogP contribution in [0.25, 0.3) is 22.0 Å². The number of para-hydroxylation sites is 1. The molecule has 3 aromatic rings. The van der Waals surface area contributed by atoms with Crippen molar-refractivity contribution in [1.82, 2.24) is 20.7 Å². The zero-order valence-corrected chi connectivity index (χ0v) is 16.0. The zero-order valence-electron chi connectivity index (χ0n) is 14.4. The molecule has 1 aliphatic rings. The third kappa shape index (κ3) is 3.50. The van der Waals surface area contributed by atoms with Crippen LogP contribution in [0.1, 0.15) is 35.4 Å². The molecule has 6 nitrogen and oxygen atoms in total. The van der Waals surface area contributed by atoms with Crippen LogP contribution >= 0.6 is 15.9 Å². The van der Waals surface area contributed by atoms with E-state index in [1.807, 2.05) is 25.1 Å². The van der Waals surface area contributed by atoms with Crippen LogP contribution in [0.15, 0.2) is 34.9 Å². The maximum atomic E-state index is 12.5. The SMILES string of the molecule is Cc1[nH]ncc1-c1cc(C(=O)NOCCC2CC2)nc2c(Br)cccc12. The fourth-order valence-corrected chi connectivity index (χ4v) is 3.43. The van der Waals surface area contributed by atoms with Gasteiger partial charge in [-0.2, -0.15) is 5.10 Å². The molecule has 4 rings (SSSR count). The minimum Gasteiger partial charge on any atom is -0.282 e. The van der Waals surface area contributed by atoms with Gasteiger partial charge in [0.05, 0.1) is 18.3 Å². The number of aryl methyl sites for hydroxylation is 1. The van der Waals surface area contributed by atoms with E-state index in [-0.39, 0.29) is 5.91 Å². The van der Waals surface area contributed by atoms with E-state index in [4.69, 9.17) is 4.84 Å². The fraction of sp³-hybridized carbons (Fsp3) is 0.316. The molecule has 0 aliphatic heterocycles. The highest BCUT2D eigenvalue weighted by Crippen LogP contribution is 2.33. The first-order valence-electron chi connectivity index (χ1n) is 8.65. The van der Waals surface area contributed by atoms with Gasteiger partial charge < -0.3 is 0 Å². The lowest BCUT2D eigenvalue weighted by Gasteiger charge is -2.11. The van der Waals surface area contributed by atoms with Gasteiger partial charge in [0.2, 0.25) is 0 Å². The second-order valence-corrected chi connectivity index (χ2v) is 7.47. The van der Waals surface area contributed by atoms with E-state index in [1.54, 1.807) is 12.3 Å². The van der Waals surface area contributed by atoms with Crippen molar-refractivity contribution in [3.63, 3.8) is 0 Å². The van der Waals surface area contributed by atoms with Gasteiger partial charge in [0.25, 0.3) is 5.91 Å². The number of nitrogens with one attached hydrogen (secondary N) is 2. The molecule has 0 radical (unpaired) electrons. The number of aromatic nitrogens is 3. The second kappa shape index (κ2) is 7.17. The number of aromatic amines is 1. The van der Waals surface area contributed by atoms with Crippen molar-refractivity contribution in [2.24, 2.45) is 5.92 Å². The summed E-state index contributed by atoms with van der Waals surface area (Å²) in [4.78, 5) is 22.4. The molecule has 1 aromatic carbocycles. The average Bonchev–Trinajstić information content (AvgIpc) is 3.37.